The van der Waals surface area contributed by atoms with Gasteiger partial charge in [0.05, 0.1) is 17.5 Å². The predicted molar refractivity (Wildman–Crippen MR) is 135 cm³/mol. The summed E-state index contributed by atoms with van der Waals surface area (Å²) in [6.45, 7) is 0.776. The molecule has 0 bridgehead atoms. The van der Waals surface area contributed by atoms with Crippen LogP contribution in [0.2, 0.25) is 5.02 Å². The fourth-order valence-electron chi connectivity index (χ4n) is 3.48. The Morgan fingerprint density at radius 3 is 2.44 bits per heavy atom. The summed E-state index contributed by atoms with van der Waals surface area (Å²) in [6.07, 6.45) is 0.773. The molecule has 174 valence electrons. The second-order valence-corrected chi connectivity index (χ2v) is 9.42. The van der Waals surface area contributed by atoms with E-state index < -0.39 is 5.25 Å². The lowest BCUT2D eigenvalue weighted by atomic mass is 10.1. The molecule has 0 spiro atoms. The Morgan fingerprint density at radius 2 is 1.74 bits per heavy atom. The first kappa shape index (κ1) is 24.0. The van der Waals surface area contributed by atoms with E-state index in [9.17, 15) is 14.0 Å². The molecule has 1 fully saturated rings. The van der Waals surface area contributed by atoms with Crippen LogP contribution >= 0.6 is 23.4 Å². The number of amidine groups is 1. The lowest BCUT2D eigenvalue weighted by Gasteiger charge is -2.32. The maximum Gasteiger partial charge on any atom is 0.234 e. The van der Waals surface area contributed by atoms with Crippen LogP contribution in [0.25, 0.3) is 0 Å². The monoisotopic (exact) mass is 495 g/mol. The van der Waals surface area contributed by atoms with Gasteiger partial charge < -0.3 is 5.32 Å². The van der Waals surface area contributed by atoms with E-state index in [1.807, 2.05) is 42.5 Å². The van der Waals surface area contributed by atoms with Crippen LogP contribution in [0.5, 0.6) is 0 Å². The molecule has 0 aliphatic carbocycles. The van der Waals surface area contributed by atoms with Crippen LogP contribution in [0.4, 0.5) is 10.1 Å². The quantitative estimate of drug-likeness (QED) is 0.480. The first-order valence-electron chi connectivity index (χ1n) is 10.9. The lowest BCUT2D eigenvalue weighted by Crippen LogP contribution is -2.46. The van der Waals surface area contributed by atoms with Crippen LogP contribution in [-0.4, -0.2) is 33.7 Å². The number of halogens is 2. The van der Waals surface area contributed by atoms with E-state index in [1.165, 1.54) is 36.0 Å². The molecule has 34 heavy (non-hydrogen) atoms. The summed E-state index contributed by atoms with van der Waals surface area (Å²) in [5.41, 5.74) is 2.52. The molecule has 8 heteroatoms. The molecule has 2 amide bonds. The number of rotatable bonds is 7. The van der Waals surface area contributed by atoms with Gasteiger partial charge in [0.2, 0.25) is 11.8 Å². The number of aliphatic imine (C=N–C) groups is 1. The lowest BCUT2D eigenvalue weighted by molar-refractivity contribution is -0.130. The zero-order chi connectivity index (χ0) is 23.9. The van der Waals surface area contributed by atoms with Crippen molar-refractivity contribution in [1.82, 2.24) is 10.2 Å². The van der Waals surface area contributed by atoms with Gasteiger partial charge in [-0.1, -0.05) is 65.8 Å². The van der Waals surface area contributed by atoms with Crippen molar-refractivity contribution < 1.29 is 14.0 Å². The summed E-state index contributed by atoms with van der Waals surface area (Å²) in [5.74, 6) is -0.769. The molecule has 1 saturated heterocycles. The Morgan fingerprint density at radius 1 is 1.03 bits per heavy atom. The van der Waals surface area contributed by atoms with Crippen LogP contribution in [0.1, 0.15) is 17.5 Å². The SMILES string of the molecule is O=C(NCCc1ccccc1)[C@H]1CC(=O)N(Cc2ccc(Cl)cc2)C(=Nc2ccc(F)cc2)S1. The van der Waals surface area contributed by atoms with Crippen molar-refractivity contribution in [2.45, 2.75) is 24.6 Å². The molecule has 0 unspecified atom stereocenters. The molecule has 1 aliphatic heterocycles. The van der Waals surface area contributed by atoms with Crippen LogP contribution in [0, 0.1) is 5.82 Å². The van der Waals surface area contributed by atoms with E-state index in [-0.39, 0.29) is 24.1 Å². The zero-order valence-corrected chi connectivity index (χ0v) is 19.9. The van der Waals surface area contributed by atoms with Crippen molar-refractivity contribution in [2.24, 2.45) is 4.99 Å². The molecule has 1 N–H and O–H groups in total. The molecule has 3 aromatic carbocycles. The summed E-state index contributed by atoms with van der Waals surface area (Å²) in [4.78, 5) is 32.1. The number of carbonyl (C=O) groups excluding carboxylic acids is 2. The molecular formula is C26H23ClFN3O2S. The van der Waals surface area contributed by atoms with Crippen molar-refractivity contribution in [3.63, 3.8) is 0 Å². The molecule has 5 nitrogen and oxygen atoms in total. The summed E-state index contributed by atoms with van der Waals surface area (Å²) in [6, 6.07) is 22.8. The second-order valence-electron chi connectivity index (χ2n) is 7.81. The van der Waals surface area contributed by atoms with Crippen molar-refractivity contribution in [2.75, 3.05) is 6.54 Å². The van der Waals surface area contributed by atoms with Gasteiger partial charge in [-0.15, -0.1) is 0 Å². The molecule has 0 saturated carbocycles. The Bertz CT molecular complexity index is 1170. The molecule has 0 aromatic heterocycles. The third-order valence-electron chi connectivity index (χ3n) is 5.29. The normalized spacial score (nSPS) is 17.1. The highest BCUT2D eigenvalue weighted by Gasteiger charge is 2.35. The van der Waals surface area contributed by atoms with Crippen molar-refractivity contribution >= 4 is 46.0 Å². The van der Waals surface area contributed by atoms with Crippen LogP contribution in [-0.2, 0) is 22.6 Å². The van der Waals surface area contributed by atoms with Gasteiger partial charge in [-0.25, -0.2) is 9.38 Å². The zero-order valence-electron chi connectivity index (χ0n) is 18.3. The fourth-order valence-corrected chi connectivity index (χ4v) is 4.73. The number of nitrogens with one attached hydrogen (secondary N) is 1. The minimum atomic E-state index is -0.594. The van der Waals surface area contributed by atoms with Gasteiger partial charge in [-0.3, -0.25) is 14.5 Å². The number of hydrogen-bond donors (Lipinski definition) is 1. The second kappa shape index (κ2) is 11.3. The number of nitrogens with zero attached hydrogens (tertiary/aromatic N) is 2. The molecule has 4 rings (SSSR count). The van der Waals surface area contributed by atoms with Gasteiger partial charge in [0.25, 0.3) is 0 Å². The van der Waals surface area contributed by atoms with Gasteiger partial charge >= 0.3 is 0 Å². The number of amides is 2. The van der Waals surface area contributed by atoms with E-state index in [1.54, 1.807) is 17.0 Å². The number of hydrogen-bond acceptors (Lipinski definition) is 4. The first-order valence-corrected chi connectivity index (χ1v) is 12.1. The topological polar surface area (TPSA) is 61.8 Å². The van der Waals surface area contributed by atoms with Crippen molar-refractivity contribution in [1.29, 1.82) is 0 Å². The highest BCUT2D eigenvalue weighted by Crippen LogP contribution is 2.30. The Balaban J connectivity index is 1.49. The maximum atomic E-state index is 13.4. The average Bonchev–Trinajstić information content (AvgIpc) is 2.84. The van der Waals surface area contributed by atoms with Crippen LogP contribution in [0.3, 0.4) is 0 Å². The molecule has 1 heterocycles. The first-order chi connectivity index (χ1) is 16.5. The third kappa shape index (κ3) is 6.46. The molecule has 1 aliphatic rings. The smallest absolute Gasteiger partial charge is 0.234 e. The molecule has 0 radical (unpaired) electrons. The Kier molecular flexibility index (Phi) is 7.98. The molecule has 3 aromatic rings. The largest absolute Gasteiger partial charge is 0.355 e. The van der Waals surface area contributed by atoms with Gasteiger partial charge in [-0.2, -0.15) is 0 Å². The van der Waals surface area contributed by atoms with Crippen molar-refractivity contribution in [3.8, 4) is 0 Å². The summed E-state index contributed by atoms with van der Waals surface area (Å²) in [7, 11) is 0. The van der Waals surface area contributed by atoms with Gasteiger partial charge in [0.1, 0.15) is 5.82 Å². The highest BCUT2D eigenvalue weighted by atomic mass is 35.5. The van der Waals surface area contributed by atoms with Crippen LogP contribution in [0.15, 0.2) is 83.9 Å². The van der Waals surface area contributed by atoms with Gasteiger partial charge in [0.15, 0.2) is 5.17 Å². The summed E-state index contributed by atoms with van der Waals surface area (Å²) in [5, 5.41) is 3.35. The number of carbonyl (C=O) groups is 2. The average molecular weight is 496 g/mol. The summed E-state index contributed by atoms with van der Waals surface area (Å²) >= 11 is 7.23. The minimum absolute atomic E-state index is 0.0673. The molecular weight excluding hydrogens is 473 g/mol. The van der Waals surface area contributed by atoms with E-state index in [2.05, 4.69) is 10.3 Å². The fraction of sp³-hybridized carbons (Fsp3) is 0.192. The van der Waals surface area contributed by atoms with E-state index in [0.29, 0.717) is 35.4 Å². The number of benzene rings is 3. The third-order valence-corrected chi connectivity index (χ3v) is 6.73. The standard InChI is InChI=1S/C26H23ClFN3O2S/c27-20-8-6-19(7-9-20)17-31-24(32)16-23(25(33)29-15-14-18-4-2-1-3-5-18)34-26(31)30-22-12-10-21(28)11-13-22/h1-13,23H,14-17H2,(H,29,33)/t23-/m1/s1. The predicted octanol–water partition coefficient (Wildman–Crippen LogP) is 5.36. The van der Waals surface area contributed by atoms with Gasteiger partial charge in [-0.05, 0) is 53.9 Å². The minimum Gasteiger partial charge on any atom is -0.355 e. The van der Waals surface area contributed by atoms with Crippen molar-refractivity contribution in [3.05, 3.63) is 101 Å². The number of thioether (sulfide) groups is 1. The van der Waals surface area contributed by atoms with E-state index >= 15 is 0 Å². The van der Waals surface area contributed by atoms with E-state index in [0.717, 1.165) is 11.1 Å². The highest BCUT2D eigenvalue weighted by molar-refractivity contribution is 8.15. The summed E-state index contributed by atoms with van der Waals surface area (Å²) < 4.78 is 13.4. The van der Waals surface area contributed by atoms with Crippen LogP contribution < -0.4 is 5.32 Å². The Hall–Kier alpha value is -3.16. The Labute approximate surface area is 207 Å². The van der Waals surface area contributed by atoms with E-state index in [4.69, 9.17) is 11.6 Å². The maximum absolute atomic E-state index is 13.4. The molecule has 1 atom stereocenters. The van der Waals surface area contributed by atoms with Gasteiger partial charge in [0, 0.05) is 18.0 Å².